The number of hydrogen-bond acceptors (Lipinski definition) is 3. The Labute approximate surface area is 218 Å². The summed E-state index contributed by atoms with van der Waals surface area (Å²) in [6, 6.07) is 31.5. The Hall–Kier alpha value is -3.25. The molecule has 4 aromatic rings. The van der Waals surface area contributed by atoms with Crippen LogP contribution in [0.25, 0.3) is 0 Å². The molecule has 0 saturated carbocycles. The van der Waals surface area contributed by atoms with Crippen molar-refractivity contribution in [3.05, 3.63) is 124 Å². The van der Waals surface area contributed by atoms with Crippen LogP contribution >= 0.6 is 35.0 Å². The van der Waals surface area contributed by atoms with Crippen LogP contribution in [0.2, 0.25) is 10.0 Å². The Bertz CT molecular complexity index is 1320. The Kier molecular flexibility index (Phi) is 8.48. The second-order valence-corrected chi connectivity index (χ2v) is 9.78. The van der Waals surface area contributed by atoms with Gasteiger partial charge in [0.2, 0.25) is 11.8 Å². The maximum Gasteiger partial charge on any atom is 0.242 e. The summed E-state index contributed by atoms with van der Waals surface area (Å²) >= 11 is 13.7. The van der Waals surface area contributed by atoms with Gasteiger partial charge in [0, 0.05) is 15.6 Å². The van der Waals surface area contributed by atoms with Crippen molar-refractivity contribution in [3.63, 3.8) is 0 Å². The van der Waals surface area contributed by atoms with E-state index in [9.17, 15) is 9.59 Å². The standard InChI is InChI=1S/C28H22Cl2N2O2S/c29-21-14-15-24(30)25(17-21)32-28(34)27(20-10-5-2-6-11-20)35-23-13-7-12-22(18-23)31-26(33)16-19-8-3-1-4-9-19/h1-15,17-18,27H,16H2,(H,31,33)(H,32,34). The number of carbonyl (C=O) groups excluding carboxylic acids is 2. The lowest BCUT2D eigenvalue weighted by molar-refractivity contribution is -0.116. The van der Waals surface area contributed by atoms with E-state index in [4.69, 9.17) is 23.2 Å². The molecule has 4 rings (SSSR count). The Morgan fingerprint density at radius 3 is 2.23 bits per heavy atom. The molecule has 176 valence electrons. The molecule has 0 fully saturated rings. The van der Waals surface area contributed by atoms with Crippen LogP contribution < -0.4 is 10.6 Å². The summed E-state index contributed by atoms with van der Waals surface area (Å²) in [5, 5.41) is 6.17. The summed E-state index contributed by atoms with van der Waals surface area (Å²) in [7, 11) is 0. The number of nitrogens with one attached hydrogen (secondary N) is 2. The molecule has 2 amide bonds. The van der Waals surface area contributed by atoms with Crippen molar-refractivity contribution in [3.8, 4) is 0 Å². The number of benzene rings is 4. The second kappa shape index (κ2) is 11.9. The van der Waals surface area contributed by atoms with Crippen LogP contribution in [-0.4, -0.2) is 11.8 Å². The molecule has 2 N–H and O–H groups in total. The number of rotatable bonds is 8. The zero-order valence-corrected chi connectivity index (χ0v) is 20.9. The normalized spacial score (nSPS) is 11.5. The van der Waals surface area contributed by atoms with E-state index in [0.29, 0.717) is 21.4 Å². The fourth-order valence-electron chi connectivity index (χ4n) is 3.46. The fourth-order valence-corrected chi connectivity index (χ4v) is 4.88. The van der Waals surface area contributed by atoms with E-state index in [0.717, 1.165) is 16.0 Å². The van der Waals surface area contributed by atoms with E-state index in [2.05, 4.69) is 10.6 Å². The van der Waals surface area contributed by atoms with Crippen LogP contribution in [0, 0.1) is 0 Å². The summed E-state index contributed by atoms with van der Waals surface area (Å²) in [4.78, 5) is 26.7. The number of hydrogen-bond donors (Lipinski definition) is 2. The molecule has 0 spiro atoms. The average molecular weight is 521 g/mol. The van der Waals surface area contributed by atoms with E-state index >= 15 is 0 Å². The van der Waals surface area contributed by atoms with Gasteiger partial charge in [-0.15, -0.1) is 11.8 Å². The highest BCUT2D eigenvalue weighted by molar-refractivity contribution is 8.00. The maximum atomic E-state index is 13.3. The Morgan fingerprint density at radius 2 is 1.49 bits per heavy atom. The molecule has 0 radical (unpaired) electrons. The molecule has 0 bridgehead atoms. The Morgan fingerprint density at radius 1 is 0.771 bits per heavy atom. The first-order valence-corrected chi connectivity index (χ1v) is 12.5. The minimum atomic E-state index is -0.554. The van der Waals surface area contributed by atoms with Crippen LogP contribution in [0.5, 0.6) is 0 Å². The van der Waals surface area contributed by atoms with Gasteiger partial charge in [-0.1, -0.05) is 89.9 Å². The fraction of sp³-hybridized carbons (Fsp3) is 0.0714. The van der Waals surface area contributed by atoms with Crippen molar-refractivity contribution < 1.29 is 9.59 Å². The number of amides is 2. The van der Waals surface area contributed by atoms with Crippen LogP contribution in [0.1, 0.15) is 16.4 Å². The highest BCUT2D eigenvalue weighted by atomic mass is 35.5. The summed E-state index contributed by atoms with van der Waals surface area (Å²) in [5.74, 6) is -0.338. The first-order valence-electron chi connectivity index (χ1n) is 10.9. The van der Waals surface area contributed by atoms with E-state index in [-0.39, 0.29) is 18.2 Å². The molecular weight excluding hydrogens is 499 g/mol. The molecule has 0 aliphatic rings. The van der Waals surface area contributed by atoms with Crippen molar-refractivity contribution in [2.75, 3.05) is 10.6 Å². The van der Waals surface area contributed by atoms with Gasteiger partial charge in [-0.25, -0.2) is 0 Å². The van der Waals surface area contributed by atoms with Gasteiger partial charge in [0.15, 0.2) is 0 Å². The molecule has 4 nitrogen and oxygen atoms in total. The minimum absolute atomic E-state index is 0.105. The molecule has 4 aromatic carbocycles. The average Bonchev–Trinajstić information content (AvgIpc) is 2.86. The smallest absolute Gasteiger partial charge is 0.242 e. The SMILES string of the molecule is O=C(Cc1ccccc1)Nc1cccc(SC(C(=O)Nc2cc(Cl)ccc2Cl)c2ccccc2)c1. The van der Waals surface area contributed by atoms with Crippen molar-refractivity contribution in [1.29, 1.82) is 0 Å². The zero-order valence-electron chi connectivity index (χ0n) is 18.6. The number of thioether (sulfide) groups is 1. The molecule has 1 unspecified atom stereocenters. The van der Waals surface area contributed by atoms with Crippen molar-refractivity contribution >= 4 is 58.2 Å². The van der Waals surface area contributed by atoms with Gasteiger partial charge in [-0.2, -0.15) is 0 Å². The quantitative estimate of drug-likeness (QED) is 0.234. The van der Waals surface area contributed by atoms with Gasteiger partial charge in [0.05, 0.1) is 17.1 Å². The predicted octanol–water partition coefficient (Wildman–Crippen LogP) is 7.65. The van der Waals surface area contributed by atoms with E-state index in [1.54, 1.807) is 18.2 Å². The molecule has 0 aliphatic carbocycles. The molecule has 0 aromatic heterocycles. The molecule has 7 heteroatoms. The highest BCUT2D eigenvalue weighted by Crippen LogP contribution is 2.38. The van der Waals surface area contributed by atoms with Crippen LogP contribution in [0.15, 0.2) is 108 Å². The first-order chi connectivity index (χ1) is 17.0. The lowest BCUT2D eigenvalue weighted by Crippen LogP contribution is -2.19. The Balaban J connectivity index is 1.52. The summed E-state index contributed by atoms with van der Waals surface area (Å²) in [6.07, 6.45) is 0.285. The molecule has 1 atom stereocenters. The molecule has 0 saturated heterocycles. The third-order valence-corrected chi connectivity index (χ3v) is 6.92. The van der Waals surface area contributed by atoms with Crippen molar-refractivity contribution in [2.24, 2.45) is 0 Å². The number of carbonyl (C=O) groups is 2. The van der Waals surface area contributed by atoms with E-state index in [1.807, 2.05) is 84.9 Å². The zero-order chi connectivity index (χ0) is 24.6. The predicted molar refractivity (Wildman–Crippen MR) is 145 cm³/mol. The lowest BCUT2D eigenvalue weighted by atomic mass is 10.1. The van der Waals surface area contributed by atoms with Gasteiger partial charge in [-0.05, 0) is 47.5 Å². The van der Waals surface area contributed by atoms with E-state index < -0.39 is 5.25 Å². The first kappa shape index (κ1) is 24.9. The summed E-state index contributed by atoms with van der Waals surface area (Å²) in [5.41, 5.74) is 2.90. The summed E-state index contributed by atoms with van der Waals surface area (Å²) in [6.45, 7) is 0. The third-order valence-electron chi connectivity index (χ3n) is 5.11. The van der Waals surface area contributed by atoms with Crippen LogP contribution in [0.4, 0.5) is 11.4 Å². The van der Waals surface area contributed by atoms with Crippen LogP contribution in [-0.2, 0) is 16.0 Å². The van der Waals surface area contributed by atoms with Gasteiger partial charge >= 0.3 is 0 Å². The van der Waals surface area contributed by atoms with Gasteiger partial charge < -0.3 is 10.6 Å². The van der Waals surface area contributed by atoms with Gasteiger partial charge in [0.1, 0.15) is 5.25 Å². The third kappa shape index (κ3) is 7.12. The number of anilines is 2. The van der Waals surface area contributed by atoms with Gasteiger partial charge in [0.25, 0.3) is 0 Å². The topological polar surface area (TPSA) is 58.2 Å². The molecular formula is C28H22Cl2N2O2S. The van der Waals surface area contributed by atoms with Gasteiger partial charge in [-0.3, -0.25) is 9.59 Å². The number of halogens is 2. The highest BCUT2D eigenvalue weighted by Gasteiger charge is 2.23. The lowest BCUT2D eigenvalue weighted by Gasteiger charge is -2.18. The van der Waals surface area contributed by atoms with Crippen molar-refractivity contribution in [1.82, 2.24) is 0 Å². The van der Waals surface area contributed by atoms with E-state index in [1.165, 1.54) is 11.8 Å². The molecule has 35 heavy (non-hydrogen) atoms. The summed E-state index contributed by atoms with van der Waals surface area (Å²) < 4.78 is 0. The molecule has 0 aliphatic heterocycles. The molecule has 0 heterocycles. The van der Waals surface area contributed by atoms with Crippen LogP contribution in [0.3, 0.4) is 0 Å². The monoisotopic (exact) mass is 520 g/mol. The largest absolute Gasteiger partial charge is 0.326 e. The van der Waals surface area contributed by atoms with Crippen molar-refractivity contribution in [2.45, 2.75) is 16.6 Å². The maximum absolute atomic E-state index is 13.3. The minimum Gasteiger partial charge on any atom is -0.326 e. The second-order valence-electron chi connectivity index (χ2n) is 7.76.